The third-order valence-electron chi connectivity index (χ3n) is 3.43. The Morgan fingerprint density at radius 1 is 1.23 bits per heavy atom. The van der Waals surface area contributed by atoms with Gasteiger partial charge in [-0.2, -0.15) is 8.62 Å². The zero-order chi connectivity index (χ0) is 23.6. The average Bonchev–Trinajstić information content (AvgIpc) is 2.93. The number of aliphatic hydroxyl groups excluding tert-OH is 1. The molecule has 5 unspecified atom stereocenters. The summed E-state index contributed by atoms with van der Waals surface area (Å²) in [6.07, 6.45) is -3.52. The molecular formula is C9H14N5O14P3. The monoisotopic (exact) mass is 509 g/mol. The molecule has 0 aliphatic carbocycles. The number of hydrogen-bond donors (Lipinski definition) is 6. The van der Waals surface area contributed by atoms with Crippen LogP contribution in [0.4, 0.5) is 5.69 Å². The van der Waals surface area contributed by atoms with E-state index in [0.717, 1.165) is 10.8 Å². The minimum absolute atomic E-state index is 0.300. The molecule has 6 N–H and O–H groups in total. The maximum Gasteiger partial charge on any atom is 0.490 e. The molecule has 1 fully saturated rings. The van der Waals surface area contributed by atoms with E-state index in [1.54, 1.807) is 0 Å². The Balaban J connectivity index is 2.08. The van der Waals surface area contributed by atoms with Gasteiger partial charge < -0.3 is 29.4 Å². The summed E-state index contributed by atoms with van der Waals surface area (Å²) in [5.74, 6) is 0. The topological polar surface area (TPSA) is 293 Å². The smallest absolute Gasteiger partial charge is 0.390 e. The van der Waals surface area contributed by atoms with Crippen LogP contribution >= 0.6 is 23.5 Å². The van der Waals surface area contributed by atoms with Gasteiger partial charge in [0.25, 0.3) is 5.56 Å². The summed E-state index contributed by atoms with van der Waals surface area (Å²) in [4.78, 5) is 63.1. The molecule has 0 radical (unpaired) electrons. The lowest BCUT2D eigenvalue weighted by molar-refractivity contribution is -0.0449. The van der Waals surface area contributed by atoms with Crippen LogP contribution in [0.3, 0.4) is 0 Å². The second-order valence-corrected chi connectivity index (χ2v) is 10.1. The maximum absolute atomic E-state index is 11.9. The largest absolute Gasteiger partial charge is 0.490 e. The van der Waals surface area contributed by atoms with Gasteiger partial charge in [-0.1, -0.05) is 5.11 Å². The molecule has 19 nitrogen and oxygen atoms in total. The highest BCUT2D eigenvalue weighted by Crippen LogP contribution is 2.66. The fourth-order valence-electron chi connectivity index (χ4n) is 2.31. The lowest BCUT2D eigenvalue weighted by Crippen LogP contribution is -2.32. The number of nitrogens with one attached hydrogen (secondary N) is 1. The number of nitrogens with zero attached hydrogens (tertiary/aromatic N) is 4. The molecule has 31 heavy (non-hydrogen) atoms. The van der Waals surface area contributed by atoms with E-state index in [0.29, 0.717) is 0 Å². The maximum atomic E-state index is 11.9. The van der Waals surface area contributed by atoms with Gasteiger partial charge in [-0.3, -0.25) is 18.9 Å². The zero-order valence-corrected chi connectivity index (χ0v) is 17.4. The molecule has 0 bridgehead atoms. The zero-order valence-electron chi connectivity index (χ0n) is 14.8. The van der Waals surface area contributed by atoms with Gasteiger partial charge in [0, 0.05) is 17.5 Å². The van der Waals surface area contributed by atoms with Gasteiger partial charge in [0.15, 0.2) is 0 Å². The highest BCUT2D eigenvalue weighted by molar-refractivity contribution is 7.66. The molecule has 0 spiro atoms. The van der Waals surface area contributed by atoms with Gasteiger partial charge in [0.1, 0.15) is 18.0 Å². The molecule has 22 heteroatoms. The van der Waals surface area contributed by atoms with Crippen molar-refractivity contribution in [2.24, 2.45) is 5.11 Å². The Labute approximate surface area is 169 Å². The predicted octanol–water partition coefficient (Wildman–Crippen LogP) is -0.530. The van der Waals surface area contributed by atoms with Crippen molar-refractivity contribution in [1.29, 1.82) is 0 Å². The van der Waals surface area contributed by atoms with Crippen molar-refractivity contribution in [2.45, 2.75) is 24.9 Å². The first-order chi connectivity index (χ1) is 14.1. The summed E-state index contributed by atoms with van der Waals surface area (Å²) in [7, 11) is -16.7. The fourth-order valence-corrected chi connectivity index (χ4v) is 5.34. The average molecular weight is 509 g/mol. The minimum atomic E-state index is -5.72. The van der Waals surface area contributed by atoms with Crippen LogP contribution in [-0.4, -0.2) is 53.0 Å². The first-order valence-electron chi connectivity index (χ1n) is 7.65. The number of ether oxygens (including phenoxy) is 1. The van der Waals surface area contributed by atoms with Gasteiger partial charge in [-0.15, -0.1) is 0 Å². The Bertz CT molecular complexity index is 1130. The molecule has 2 rings (SSSR count). The standard InChI is InChI=1S/C9H14N5O14P3/c10-13-12-4-2-14(9(17)11-8(4)16)7-1-5(15)6(26-7)3-25-30(21,22)28-31(23,24)27-29(18,19)20/h2,5-7,15H,1,3H2,(H,21,22)(H,23,24)(H,11,16,17)(H2,18,19,20). The molecule has 0 aromatic carbocycles. The van der Waals surface area contributed by atoms with E-state index < -0.39 is 65.4 Å². The molecule has 1 aromatic rings. The Kier molecular flexibility index (Phi) is 7.79. The van der Waals surface area contributed by atoms with Gasteiger partial charge >= 0.3 is 29.2 Å². The van der Waals surface area contributed by atoms with Crippen molar-refractivity contribution in [3.63, 3.8) is 0 Å². The highest BCUT2D eigenvalue weighted by atomic mass is 31.3. The molecule has 0 amide bonds. The molecular weight excluding hydrogens is 495 g/mol. The van der Waals surface area contributed by atoms with Crippen molar-refractivity contribution in [3.8, 4) is 0 Å². The van der Waals surface area contributed by atoms with E-state index in [-0.39, 0.29) is 6.42 Å². The number of aromatic amines is 1. The minimum Gasteiger partial charge on any atom is -0.390 e. The normalized spacial score (nSPS) is 25.4. The first-order valence-corrected chi connectivity index (χ1v) is 12.2. The number of aromatic nitrogens is 2. The molecule has 174 valence electrons. The number of aliphatic hydroxyl groups is 1. The summed E-state index contributed by atoms with van der Waals surface area (Å²) in [6, 6.07) is 0. The van der Waals surface area contributed by atoms with Crippen molar-refractivity contribution >= 4 is 29.2 Å². The number of azide groups is 1. The van der Waals surface area contributed by atoms with E-state index in [9.17, 15) is 33.3 Å². The van der Waals surface area contributed by atoms with Crippen LogP contribution in [0, 0.1) is 0 Å². The first kappa shape index (κ1) is 25.6. The van der Waals surface area contributed by atoms with E-state index in [1.165, 1.54) is 0 Å². The molecule has 2 heterocycles. The fraction of sp³-hybridized carbons (Fsp3) is 0.556. The van der Waals surface area contributed by atoms with Gasteiger partial charge in [-0.25, -0.2) is 18.5 Å². The highest BCUT2D eigenvalue weighted by Gasteiger charge is 2.43. The number of rotatable bonds is 9. The lowest BCUT2D eigenvalue weighted by Gasteiger charge is -2.19. The van der Waals surface area contributed by atoms with Crippen LogP contribution in [-0.2, 0) is 31.6 Å². The SMILES string of the molecule is [N-]=[N+]=Nc1cn(C2CC(O)C(COP(=O)(O)OP(=O)(O)OP(=O)(O)O)O2)c(=O)[nH]c1=O. The number of phosphoric ester groups is 1. The summed E-state index contributed by atoms with van der Waals surface area (Å²) < 4.78 is 51.0. The number of hydrogen-bond acceptors (Lipinski definition) is 11. The Morgan fingerprint density at radius 3 is 2.45 bits per heavy atom. The second kappa shape index (κ2) is 9.44. The molecule has 1 aliphatic rings. The van der Waals surface area contributed by atoms with Crippen LogP contribution in [0.1, 0.15) is 12.6 Å². The summed E-state index contributed by atoms with van der Waals surface area (Å²) in [5.41, 5.74) is 5.95. The van der Waals surface area contributed by atoms with Crippen LogP contribution in [0.25, 0.3) is 10.4 Å². The third-order valence-corrected chi connectivity index (χ3v) is 7.24. The van der Waals surface area contributed by atoms with Gasteiger partial charge in [0.2, 0.25) is 0 Å². The van der Waals surface area contributed by atoms with Crippen molar-refractivity contribution in [2.75, 3.05) is 6.61 Å². The Hall–Kier alpha value is -1.68. The van der Waals surface area contributed by atoms with Crippen molar-refractivity contribution < 1.29 is 56.3 Å². The van der Waals surface area contributed by atoms with E-state index in [1.807, 2.05) is 4.98 Å². The summed E-state index contributed by atoms with van der Waals surface area (Å²) in [6.45, 7) is -0.956. The van der Waals surface area contributed by atoms with Crippen LogP contribution in [0.2, 0.25) is 0 Å². The third kappa shape index (κ3) is 7.45. The van der Waals surface area contributed by atoms with E-state index >= 15 is 0 Å². The van der Waals surface area contributed by atoms with Gasteiger partial charge in [-0.05, 0) is 5.53 Å². The molecule has 1 aromatic heterocycles. The van der Waals surface area contributed by atoms with Crippen LogP contribution in [0.15, 0.2) is 20.9 Å². The summed E-state index contributed by atoms with van der Waals surface area (Å²) in [5, 5.41) is 13.1. The Morgan fingerprint density at radius 2 is 1.87 bits per heavy atom. The number of H-pyrrole nitrogens is 1. The van der Waals surface area contributed by atoms with Crippen molar-refractivity contribution in [1.82, 2.24) is 9.55 Å². The quantitative estimate of drug-likeness (QED) is 0.106. The molecule has 1 aliphatic heterocycles. The second-order valence-electron chi connectivity index (χ2n) is 5.69. The molecule has 5 atom stereocenters. The van der Waals surface area contributed by atoms with E-state index in [4.69, 9.17) is 24.9 Å². The van der Waals surface area contributed by atoms with E-state index in [2.05, 4.69) is 23.2 Å². The van der Waals surface area contributed by atoms with Crippen LogP contribution in [0.5, 0.6) is 0 Å². The molecule has 1 saturated heterocycles. The summed E-state index contributed by atoms with van der Waals surface area (Å²) >= 11 is 0. The van der Waals surface area contributed by atoms with Crippen LogP contribution < -0.4 is 11.2 Å². The lowest BCUT2D eigenvalue weighted by atomic mass is 10.2. The van der Waals surface area contributed by atoms with Crippen molar-refractivity contribution in [3.05, 3.63) is 37.5 Å². The molecule has 0 saturated carbocycles. The number of phosphoric acid groups is 3. The van der Waals surface area contributed by atoms with Gasteiger partial charge in [0.05, 0.1) is 12.7 Å². The predicted molar refractivity (Wildman–Crippen MR) is 94.5 cm³/mol.